The van der Waals surface area contributed by atoms with E-state index in [9.17, 15) is 4.39 Å². The minimum atomic E-state index is -0.262. The highest BCUT2D eigenvalue weighted by Crippen LogP contribution is 2.25. The van der Waals surface area contributed by atoms with Crippen molar-refractivity contribution in [3.05, 3.63) is 54.0 Å². The fourth-order valence-electron chi connectivity index (χ4n) is 2.02. The van der Waals surface area contributed by atoms with E-state index in [0.717, 1.165) is 18.7 Å². The lowest BCUT2D eigenvalue weighted by Gasteiger charge is -2.20. The van der Waals surface area contributed by atoms with Crippen LogP contribution in [0.15, 0.2) is 42.6 Å². The number of aromatic nitrogens is 1. The summed E-state index contributed by atoms with van der Waals surface area (Å²) in [6, 6.07) is 11.4. The zero-order chi connectivity index (χ0) is 14.4. The molecule has 0 saturated heterocycles. The Hall–Kier alpha value is -1.94. The topological polar surface area (TPSA) is 28.2 Å². The number of pyridine rings is 1. The second-order valence-electron chi connectivity index (χ2n) is 4.68. The molecule has 0 aliphatic carbocycles. The fraction of sp³-hybridized carbons (Fsp3) is 0.312. The highest BCUT2D eigenvalue weighted by Gasteiger charge is 2.14. The summed E-state index contributed by atoms with van der Waals surface area (Å²) >= 11 is 0. The third-order valence-electron chi connectivity index (χ3n) is 3.15. The molecule has 0 bridgehead atoms. The van der Waals surface area contributed by atoms with Gasteiger partial charge >= 0.3 is 0 Å². The van der Waals surface area contributed by atoms with Gasteiger partial charge < -0.3 is 10.2 Å². The Bertz CT molecular complexity index is 543. The summed E-state index contributed by atoms with van der Waals surface area (Å²) in [4.78, 5) is 5.93. The number of rotatable bonds is 6. The van der Waals surface area contributed by atoms with Gasteiger partial charge in [0.2, 0.25) is 0 Å². The van der Waals surface area contributed by atoms with Gasteiger partial charge in [0, 0.05) is 31.0 Å². The minimum absolute atomic E-state index is 0.262. The van der Waals surface area contributed by atoms with E-state index in [4.69, 9.17) is 0 Å². The van der Waals surface area contributed by atoms with Gasteiger partial charge in [0.1, 0.15) is 0 Å². The van der Waals surface area contributed by atoms with Crippen molar-refractivity contribution in [1.82, 2.24) is 10.3 Å². The first kappa shape index (κ1) is 14.5. The van der Waals surface area contributed by atoms with Crippen LogP contribution in [0, 0.1) is 5.82 Å². The van der Waals surface area contributed by atoms with Crippen molar-refractivity contribution in [2.45, 2.75) is 19.9 Å². The van der Waals surface area contributed by atoms with Crippen LogP contribution in [-0.2, 0) is 6.54 Å². The zero-order valence-corrected chi connectivity index (χ0v) is 11.9. The van der Waals surface area contributed by atoms with E-state index >= 15 is 0 Å². The van der Waals surface area contributed by atoms with Gasteiger partial charge in [0.15, 0.2) is 11.6 Å². The maximum atomic E-state index is 14.5. The van der Waals surface area contributed by atoms with E-state index in [1.165, 1.54) is 0 Å². The van der Waals surface area contributed by atoms with Gasteiger partial charge in [-0.25, -0.2) is 9.37 Å². The van der Waals surface area contributed by atoms with Crippen LogP contribution in [0.2, 0.25) is 0 Å². The summed E-state index contributed by atoms with van der Waals surface area (Å²) in [6.45, 7) is 3.49. The molecule has 1 aromatic heterocycles. The van der Waals surface area contributed by atoms with Crippen LogP contribution in [0.4, 0.5) is 15.9 Å². The number of para-hydroxylation sites is 1. The number of nitrogens with one attached hydrogen (secondary N) is 1. The second kappa shape index (κ2) is 7.01. The van der Waals surface area contributed by atoms with E-state index in [-0.39, 0.29) is 5.82 Å². The molecule has 1 N–H and O–H groups in total. The maximum absolute atomic E-state index is 14.5. The van der Waals surface area contributed by atoms with Crippen molar-refractivity contribution >= 4 is 11.5 Å². The monoisotopic (exact) mass is 273 g/mol. The number of hydrogen-bond acceptors (Lipinski definition) is 3. The van der Waals surface area contributed by atoms with Crippen molar-refractivity contribution in [2.24, 2.45) is 0 Å². The Kier molecular flexibility index (Phi) is 5.07. The van der Waals surface area contributed by atoms with Crippen molar-refractivity contribution in [3.63, 3.8) is 0 Å². The lowest BCUT2D eigenvalue weighted by atomic mass is 10.2. The van der Waals surface area contributed by atoms with Crippen LogP contribution in [-0.4, -0.2) is 18.6 Å². The Morgan fingerprint density at radius 2 is 1.95 bits per heavy atom. The third-order valence-corrected chi connectivity index (χ3v) is 3.15. The van der Waals surface area contributed by atoms with Crippen molar-refractivity contribution in [1.29, 1.82) is 0 Å². The molecule has 2 rings (SSSR count). The van der Waals surface area contributed by atoms with Crippen LogP contribution >= 0.6 is 0 Å². The largest absolute Gasteiger partial charge is 0.327 e. The summed E-state index contributed by atoms with van der Waals surface area (Å²) < 4.78 is 14.5. The van der Waals surface area contributed by atoms with Crippen molar-refractivity contribution < 1.29 is 4.39 Å². The van der Waals surface area contributed by atoms with E-state index in [1.54, 1.807) is 17.2 Å². The molecule has 0 aliphatic heterocycles. The Labute approximate surface area is 119 Å². The van der Waals surface area contributed by atoms with Gasteiger partial charge in [0.05, 0.1) is 0 Å². The minimum Gasteiger partial charge on any atom is -0.327 e. The average molecular weight is 273 g/mol. The summed E-state index contributed by atoms with van der Waals surface area (Å²) in [5.41, 5.74) is 1.56. The molecule has 0 atom stereocenters. The first-order valence-corrected chi connectivity index (χ1v) is 6.87. The molecule has 3 nitrogen and oxygen atoms in total. The molecule has 2 aromatic rings. The Balaban J connectivity index is 2.22. The standard InChI is InChI=1S/C16H20FN3/c1-3-10-18-12-13-9-11-19-16(15(13)17)20(2)14-7-5-4-6-8-14/h4-9,11,18H,3,10,12H2,1-2H3. The van der Waals surface area contributed by atoms with Crippen LogP contribution in [0.25, 0.3) is 0 Å². The first-order chi connectivity index (χ1) is 9.74. The second-order valence-corrected chi connectivity index (χ2v) is 4.68. The van der Waals surface area contributed by atoms with E-state index in [2.05, 4.69) is 17.2 Å². The van der Waals surface area contributed by atoms with Crippen LogP contribution in [0.5, 0.6) is 0 Å². The molecule has 0 aliphatic rings. The predicted octanol–water partition coefficient (Wildman–Crippen LogP) is 3.49. The molecule has 4 heteroatoms. The summed E-state index contributed by atoms with van der Waals surface area (Å²) in [5.74, 6) is 0.0921. The molecule has 20 heavy (non-hydrogen) atoms. The zero-order valence-electron chi connectivity index (χ0n) is 11.9. The van der Waals surface area contributed by atoms with Crippen molar-refractivity contribution in [2.75, 3.05) is 18.5 Å². The molecule has 1 aromatic carbocycles. The van der Waals surface area contributed by atoms with E-state index < -0.39 is 0 Å². The van der Waals surface area contributed by atoms with E-state index in [1.807, 2.05) is 37.4 Å². The number of nitrogens with zero attached hydrogens (tertiary/aromatic N) is 2. The normalized spacial score (nSPS) is 10.6. The van der Waals surface area contributed by atoms with Gasteiger partial charge in [-0.15, -0.1) is 0 Å². The third kappa shape index (κ3) is 3.33. The number of halogens is 1. The van der Waals surface area contributed by atoms with Crippen LogP contribution < -0.4 is 10.2 Å². The summed E-state index contributed by atoms with van der Waals surface area (Å²) in [7, 11) is 1.82. The lowest BCUT2D eigenvalue weighted by molar-refractivity contribution is 0.581. The highest BCUT2D eigenvalue weighted by atomic mass is 19.1. The molecule has 0 amide bonds. The molecule has 0 fully saturated rings. The SMILES string of the molecule is CCCNCc1ccnc(N(C)c2ccccc2)c1F. The maximum Gasteiger partial charge on any atom is 0.170 e. The first-order valence-electron chi connectivity index (χ1n) is 6.87. The van der Waals surface area contributed by atoms with Gasteiger partial charge in [-0.2, -0.15) is 0 Å². The highest BCUT2D eigenvalue weighted by molar-refractivity contribution is 5.59. The number of anilines is 2. The smallest absolute Gasteiger partial charge is 0.170 e. The van der Waals surface area contributed by atoms with Gasteiger partial charge in [-0.05, 0) is 31.2 Å². The average Bonchev–Trinajstić information content (AvgIpc) is 2.49. The molecule has 0 spiro atoms. The van der Waals surface area contributed by atoms with Gasteiger partial charge in [-0.1, -0.05) is 25.1 Å². The van der Waals surface area contributed by atoms with E-state index in [0.29, 0.717) is 17.9 Å². The molecule has 1 heterocycles. The molecule has 0 saturated carbocycles. The molecule has 0 radical (unpaired) electrons. The van der Waals surface area contributed by atoms with Crippen LogP contribution in [0.1, 0.15) is 18.9 Å². The van der Waals surface area contributed by atoms with Gasteiger partial charge in [-0.3, -0.25) is 0 Å². The predicted molar refractivity (Wildman–Crippen MR) is 80.7 cm³/mol. The molecular formula is C16H20FN3. The Morgan fingerprint density at radius 3 is 2.65 bits per heavy atom. The summed E-state index contributed by atoms with van der Waals surface area (Å²) in [5, 5.41) is 3.21. The lowest BCUT2D eigenvalue weighted by Crippen LogP contribution is -2.18. The summed E-state index contributed by atoms with van der Waals surface area (Å²) in [6.07, 6.45) is 2.68. The molecule has 0 unspecified atom stereocenters. The molecule has 106 valence electrons. The number of hydrogen-bond donors (Lipinski definition) is 1. The Morgan fingerprint density at radius 1 is 1.20 bits per heavy atom. The molecular weight excluding hydrogens is 253 g/mol. The van der Waals surface area contributed by atoms with Gasteiger partial charge in [0.25, 0.3) is 0 Å². The number of benzene rings is 1. The van der Waals surface area contributed by atoms with Crippen molar-refractivity contribution in [3.8, 4) is 0 Å². The van der Waals surface area contributed by atoms with Crippen LogP contribution in [0.3, 0.4) is 0 Å². The quantitative estimate of drug-likeness (QED) is 0.817. The fourth-order valence-corrected chi connectivity index (χ4v) is 2.02.